The molecule has 76 valence electrons. The molecule has 1 rings (SSSR count). The summed E-state index contributed by atoms with van der Waals surface area (Å²) in [7, 11) is 0. The zero-order valence-corrected chi connectivity index (χ0v) is 7.93. The summed E-state index contributed by atoms with van der Waals surface area (Å²) in [5.74, 6) is -0.179. The van der Waals surface area contributed by atoms with E-state index in [4.69, 9.17) is 0 Å². The highest BCUT2D eigenvalue weighted by Crippen LogP contribution is 2.21. The molecular formula is C9H10BF3O. The fraction of sp³-hybridized carbons (Fsp3) is 0.333. The molecular weight excluding hydrogens is 192 g/mol. The molecule has 1 aromatic rings. The van der Waals surface area contributed by atoms with Gasteiger partial charge in [-0.2, -0.15) is 0 Å². The van der Waals surface area contributed by atoms with Gasteiger partial charge in [-0.25, -0.2) is 0 Å². The maximum atomic E-state index is 11.8. The number of rotatable bonds is 2. The Morgan fingerprint density at radius 3 is 1.93 bits per heavy atom. The van der Waals surface area contributed by atoms with E-state index in [2.05, 4.69) is 4.74 Å². The highest BCUT2D eigenvalue weighted by molar-refractivity contribution is 6.70. The summed E-state index contributed by atoms with van der Waals surface area (Å²) in [6.45, 7) is 4.24. The number of alkyl halides is 3. The van der Waals surface area contributed by atoms with Crippen LogP contribution in [0.4, 0.5) is 13.2 Å². The van der Waals surface area contributed by atoms with Gasteiger partial charge >= 0.3 is 6.36 Å². The van der Waals surface area contributed by atoms with Gasteiger partial charge in [-0.05, 0) is 12.1 Å². The summed E-state index contributed by atoms with van der Waals surface area (Å²) in [4.78, 5) is 0. The molecule has 0 atom stereocenters. The molecule has 0 amide bonds. The largest absolute Gasteiger partial charge is 0.573 e. The Labute approximate surface area is 81.0 Å². The van der Waals surface area contributed by atoms with E-state index >= 15 is 0 Å². The summed E-state index contributed by atoms with van der Waals surface area (Å²) in [5.41, 5.74) is 0.986. The number of ether oxygens (including phenoxy) is 1. The Morgan fingerprint density at radius 2 is 1.57 bits per heavy atom. The average molecular weight is 202 g/mol. The first-order valence-electron chi connectivity index (χ1n) is 4.24. The summed E-state index contributed by atoms with van der Waals surface area (Å²) in [6, 6.07) is 5.91. The van der Waals surface area contributed by atoms with Crippen LogP contribution < -0.4 is 10.2 Å². The van der Waals surface area contributed by atoms with E-state index in [-0.39, 0.29) is 5.75 Å². The third-order valence-corrected chi connectivity index (χ3v) is 1.78. The Balaban J connectivity index is 2.74. The van der Waals surface area contributed by atoms with E-state index in [0.29, 0.717) is 6.71 Å². The summed E-state index contributed by atoms with van der Waals surface area (Å²) in [6.07, 6.45) is -4.61. The lowest BCUT2D eigenvalue weighted by molar-refractivity contribution is -0.274. The van der Waals surface area contributed by atoms with E-state index in [1.165, 1.54) is 12.1 Å². The lowest BCUT2D eigenvalue weighted by Gasteiger charge is -2.09. The van der Waals surface area contributed by atoms with Crippen LogP contribution in [0.5, 0.6) is 5.75 Å². The third kappa shape index (κ3) is 3.32. The van der Waals surface area contributed by atoms with Crippen molar-refractivity contribution < 1.29 is 17.9 Å². The molecule has 0 N–H and O–H groups in total. The first-order chi connectivity index (χ1) is 6.38. The second kappa shape index (κ2) is 3.94. The second-order valence-electron chi connectivity index (χ2n) is 3.27. The zero-order chi connectivity index (χ0) is 10.8. The molecule has 0 spiro atoms. The van der Waals surface area contributed by atoms with Gasteiger partial charge in [0.2, 0.25) is 0 Å². The standard InChI is InChI=1S/C9H10BF3O/c1-10(2)7-3-5-8(6-4-7)14-9(11,12)13/h3-6H,1-2H3. The Kier molecular flexibility index (Phi) is 3.08. The minimum Gasteiger partial charge on any atom is -0.406 e. The molecule has 0 heterocycles. The van der Waals surface area contributed by atoms with Crippen LogP contribution in [0, 0.1) is 0 Å². The van der Waals surface area contributed by atoms with Crippen LogP contribution in [0.3, 0.4) is 0 Å². The number of hydrogen-bond acceptors (Lipinski definition) is 1. The summed E-state index contributed by atoms with van der Waals surface area (Å²) in [5, 5.41) is 0. The molecule has 0 saturated heterocycles. The monoisotopic (exact) mass is 202 g/mol. The number of hydrogen-bond donors (Lipinski definition) is 0. The Morgan fingerprint density at radius 1 is 1.07 bits per heavy atom. The first kappa shape index (κ1) is 11.0. The molecule has 0 saturated carbocycles. The zero-order valence-electron chi connectivity index (χ0n) is 7.93. The van der Waals surface area contributed by atoms with Gasteiger partial charge in [0.1, 0.15) is 5.75 Å². The van der Waals surface area contributed by atoms with Crippen molar-refractivity contribution in [3.05, 3.63) is 24.3 Å². The molecule has 14 heavy (non-hydrogen) atoms. The first-order valence-corrected chi connectivity index (χ1v) is 4.24. The molecule has 0 radical (unpaired) electrons. The van der Waals surface area contributed by atoms with Gasteiger partial charge in [0.15, 0.2) is 6.71 Å². The summed E-state index contributed by atoms with van der Waals surface area (Å²) >= 11 is 0. The van der Waals surface area contributed by atoms with E-state index in [1.807, 2.05) is 13.6 Å². The van der Waals surface area contributed by atoms with Gasteiger partial charge in [-0.3, -0.25) is 0 Å². The van der Waals surface area contributed by atoms with Crippen molar-refractivity contribution in [3.63, 3.8) is 0 Å². The number of halogens is 3. The van der Waals surface area contributed by atoms with Gasteiger partial charge in [0.25, 0.3) is 0 Å². The molecule has 0 fully saturated rings. The molecule has 1 nitrogen and oxygen atoms in total. The van der Waals surface area contributed by atoms with Crippen molar-refractivity contribution in [2.45, 2.75) is 20.0 Å². The van der Waals surface area contributed by atoms with Gasteiger partial charge in [-0.15, -0.1) is 13.2 Å². The van der Waals surface area contributed by atoms with Crippen LogP contribution in [0.1, 0.15) is 0 Å². The van der Waals surface area contributed by atoms with Gasteiger partial charge in [0, 0.05) is 0 Å². The average Bonchev–Trinajstić information content (AvgIpc) is 2.02. The number of benzene rings is 1. The van der Waals surface area contributed by atoms with Crippen LogP contribution in [-0.4, -0.2) is 13.1 Å². The Hall–Kier alpha value is -1.13. The van der Waals surface area contributed by atoms with Crippen LogP contribution in [-0.2, 0) is 0 Å². The lowest BCUT2D eigenvalue weighted by Crippen LogP contribution is -2.22. The smallest absolute Gasteiger partial charge is 0.406 e. The fourth-order valence-corrected chi connectivity index (χ4v) is 1.05. The van der Waals surface area contributed by atoms with Gasteiger partial charge < -0.3 is 4.74 Å². The van der Waals surface area contributed by atoms with E-state index < -0.39 is 6.36 Å². The molecule has 0 aliphatic carbocycles. The molecule has 0 bridgehead atoms. The minimum atomic E-state index is -4.61. The van der Waals surface area contributed by atoms with Crippen molar-refractivity contribution in [3.8, 4) is 5.75 Å². The van der Waals surface area contributed by atoms with Crippen molar-refractivity contribution in [2.24, 2.45) is 0 Å². The Bertz CT molecular complexity index is 292. The quantitative estimate of drug-likeness (QED) is 0.669. The maximum Gasteiger partial charge on any atom is 0.573 e. The normalized spacial score (nSPS) is 11.2. The van der Waals surface area contributed by atoms with Crippen LogP contribution in [0.25, 0.3) is 0 Å². The molecule has 0 unspecified atom stereocenters. The highest BCUT2D eigenvalue weighted by Gasteiger charge is 2.30. The maximum absolute atomic E-state index is 11.8. The lowest BCUT2D eigenvalue weighted by atomic mass is 9.49. The van der Waals surface area contributed by atoms with E-state index in [9.17, 15) is 13.2 Å². The predicted octanol–water partition coefficient (Wildman–Crippen LogP) is 2.55. The van der Waals surface area contributed by atoms with Crippen molar-refractivity contribution in [1.29, 1.82) is 0 Å². The van der Waals surface area contributed by atoms with E-state index in [1.54, 1.807) is 12.1 Å². The van der Waals surface area contributed by atoms with Crippen molar-refractivity contribution in [2.75, 3.05) is 0 Å². The topological polar surface area (TPSA) is 9.23 Å². The molecule has 0 aromatic heterocycles. The SMILES string of the molecule is CB(C)c1ccc(OC(F)(F)F)cc1. The molecule has 0 aliphatic heterocycles. The van der Waals surface area contributed by atoms with Crippen LogP contribution >= 0.6 is 0 Å². The van der Waals surface area contributed by atoms with E-state index in [0.717, 1.165) is 5.46 Å². The van der Waals surface area contributed by atoms with Gasteiger partial charge in [0.05, 0.1) is 0 Å². The minimum absolute atomic E-state index is 0.179. The third-order valence-electron chi connectivity index (χ3n) is 1.78. The van der Waals surface area contributed by atoms with Crippen LogP contribution in [0.2, 0.25) is 13.6 Å². The molecule has 5 heteroatoms. The van der Waals surface area contributed by atoms with Crippen LogP contribution in [0.15, 0.2) is 24.3 Å². The highest BCUT2D eigenvalue weighted by atomic mass is 19.4. The summed E-state index contributed by atoms with van der Waals surface area (Å²) < 4.78 is 39.1. The fourth-order valence-electron chi connectivity index (χ4n) is 1.05. The van der Waals surface area contributed by atoms with Crippen molar-refractivity contribution in [1.82, 2.24) is 0 Å². The molecule has 0 aliphatic rings. The van der Waals surface area contributed by atoms with Gasteiger partial charge in [-0.1, -0.05) is 31.2 Å². The second-order valence-corrected chi connectivity index (χ2v) is 3.27. The molecule has 1 aromatic carbocycles. The predicted molar refractivity (Wildman–Crippen MR) is 50.2 cm³/mol. The van der Waals surface area contributed by atoms with Crippen molar-refractivity contribution >= 4 is 12.2 Å².